The van der Waals surface area contributed by atoms with E-state index in [0.717, 1.165) is 6.42 Å². The van der Waals surface area contributed by atoms with Gasteiger partial charge in [0.2, 0.25) is 5.91 Å². The van der Waals surface area contributed by atoms with Gasteiger partial charge in [0.25, 0.3) is 0 Å². The molecule has 1 rings (SSSR count). The molecule has 0 aliphatic carbocycles. The molecule has 0 aromatic rings. The maximum absolute atomic E-state index is 11.9. The van der Waals surface area contributed by atoms with Crippen LogP contribution in [-0.4, -0.2) is 54.4 Å². The largest absolute Gasteiger partial charge is 0.394 e. The molecule has 2 atom stereocenters. The first-order chi connectivity index (χ1) is 7.20. The molecule has 0 radical (unpaired) electrons. The Hall–Kier alpha value is -0.650. The van der Waals surface area contributed by atoms with Gasteiger partial charge >= 0.3 is 0 Å². The van der Waals surface area contributed by atoms with Crippen molar-refractivity contribution >= 4 is 5.91 Å². The molecule has 1 aliphatic rings. The molecule has 5 nitrogen and oxygen atoms in total. The van der Waals surface area contributed by atoms with Gasteiger partial charge < -0.3 is 20.5 Å². The lowest BCUT2D eigenvalue weighted by atomic mass is 10.1. The zero-order valence-corrected chi connectivity index (χ0v) is 9.19. The summed E-state index contributed by atoms with van der Waals surface area (Å²) in [7, 11) is 0. The summed E-state index contributed by atoms with van der Waals surface area (Å²) in [5, 5.41) is 9.11. The summed E-state index contributed by atoms with van der Waals surface area (Å²) in [6.07, 6.45) is 1.58. The minimum absolute atomic E-state index is 0.0649. The average molecular weight is 216 g/mol. The maximum Gasteiger partial charge on any atom is 0.239 e. The van der Waals surface area contributed by atoms with Crippen LogP contribution in [0.5, 0.6) is 0 Å². The van der Waals surface area contributed by atoms with Gasteiger partial charge in [0.1, 0.15) is 0 Å². The molecule has 0 aromatic carbocycles. The van der Waals surface area contributed by atoms with E-state index in [4.69, 9.17) is 15.6 Å². The van der Waals surface area contributed by atoms with Crippen LogP contribution in [0.25, 0.3) is 0 Å². The van der Waals surface area contributed by atoms with Gasteiger partial charge in [0, 0.05) is 6.54 Å². The summed E-state index contributed by atoms with van der Waals surface area (Å²) in [5.74, 6) is -0.0702. The standard InChI is InChI=1S/C10H20N2O3/c1-2-3-9(11)10(14)12-4-5-15-7-8(12)6-13/h8-9,13H,2-7,11H2,1H3. The Labute approximate surface area is 90.2 Å². The number of rotatable bonds is 4. The maximum atomic E-state index is 11.9. The van der Waals surface area contributed by atoms with E-state index in [1.165, 1.54) is 0 Å². The molecule has 3 N–H and O–H groups in total. The van der Waals surface area contributed by atoms with Crippen LogP contribution in [0, 0.1) is 0 Å². The molecule has 1 amide bonds. The lowest BCUT2D eigenvalue weighted by molar-refractivity contribution is -0.143. The highest BCUT2D eigenvalue weighted by molar-refractivity contribution is 5.82. The minimum atomic E-state index is -0.442. The highest BCUT2D eigenvalue weighted by Gasteiger charge is 2.29. The van der Waals surface area contributed by atoms with Crippen molar-refractivity contribution in [3.63, 3.8) is 0 Å². The molecule has 5 heteroatoms. The molecule has 88 valence electrons. The second kappa shape index (κ2) is 6.05. The Bertz CT molecular complexity index is 211. The third kappa shape index (κ3) is 3.15. The molecule has 0 spiro atoms. The van der Waals surface area contributed by atoms with Crippen molar-refractivity contribution in [3.05, 3.63) is 0 Å². The first-order valence-electron chi connectivity index (χ1n) is 5.45. The van der Waals surface area contributed by atoms with Crippen LogP contribution in [0.4, 0.5) is 0 Å². The van der Waals surface area contributed by atoms with E-state index in [0.29, 0.717) is 26.2 Å². The number of hydrogen-bond donors (Lipinski definition) is 2. The van der Waals surface area contributed by atoms with Crippen molar-refractivity contribution in [2.45, 2.75) is 31.8 Å². The van der Waals surface area contributed by atoms with Crippen LogP contribution in [0.15, 0.2) is 0 Å². The van der Waals surface area contributed by atoms with E-state index in [-0.39, 0.29) is 18.6 Å². The number of nitrogens with two attached hydrogens (primary N) is 1. The Balaban J connectivity index is 2.55. The summed E-state index contributed by atoms with van der Waals surface area (Å²) in [6.45, 7) is 3.39. The third-order valence-electron chi connectivity index (χ3n) is 2.64. The van der Waals surface area contributed by atoms with Crippen LogP contribution in [0.1, 0.15) is 19.8 Å². The lowest BCUT2D eigenvalue weighted by Gasteiger charge is -2.36. The van der Waals surface area contributed by atoms with Crippen LogP contribution in [-0.2, 0) is 9.53 Å². The highest BCUT2D eigenvalue weighted by Crippen LogP contribution is 2.09. The Morgan fingerprint density at radius 3 is 3.07 bits per heavy atom. The van der Waals surface area contributed by atoms with E-state index in [9.17, 15) is 4.79 Å². The van der Waals surface area contributed by atoms with Crippen LogP contribution in [0.2, 0.25) is 0 Å². The first kappa shape index (κ1) is 12.4. The summed E-state index contributed by atoms with van der Waals surface area (Å²) >= 11 is 0. The Morgan fingerprint density at radius 2 is 2.47 bits per heavy atom. The molecular formula is C10H20N2O3. The molecular weight excluding hydrogens is 196 g/mol. The second-order valence-electron chi connectivity index (χ2n) is 3.84. The molecule has 15 heavy (non-hydrogen) atoms. The predicted molar refractivity (Wildman–Crippen MR) is 56.3 cm³/mol. The highest BCUT2D eigenvalue weighted by atomic mass is 16.5. The fourth-order valence-corrected chi connectivity index (χ4v) is 1.74. The van der Waals surface area contributed by atoms with Crippen molar-refractivity contribution in [2.75, 3.05) is 26.4 Å². The predicted octanol–water partition coefficient (Wildman–Crippen LogP) is -0.666. The van der Waals surface area contributed by atoms with Gasteiger partial charge in [-0.25, -0.2) is 0 Å². The normalized spacial score (nSPS) is 23.9. The van der Waals surface area contributed by atoms with Gasteiger partial charge in [-0.15, -0.1) is 0 Å². The van der Waals surface area contributed by atoms with Crippen molar-refractivity contribution in [1.29, 1.82) is 0 Å². The summed E-state index contributed by atoms with van der Waals surface area (Å²) in [5.41, 5.74) is 5.76. The number of amides is 1. The van der Waals surface area contributed by atoms with Crippen molar-refractivity contribution in [3.8, 4) is 0 Å². The van der Waals surface area contributed by atoms with Gasteiger partial charge in [-0.1, -0.05) is 13.3 Å². The Kier molecular flexibility index (Phi) is 5.01. The van der Waals surface area contributed by atoms with Gasteiger partial charge in [0.15, 0.2) is 0 Å². The quantitative estimate of drug-likeness (QED) is 0.653. The van der Waals surface area contributed by atoms with Crippen molar-refractivity contribution in [1.82, 2.24) is 4.90 Å². The van der Waals surface area contributed by atoms with Gasteiger partial charge in [-0.3, -0.25) is 4.79 Å². The molecule has 2 unspecified atom stereocenters. The number of ether oxygens (including phenoxy) is 1. The summed E-state index contributed by atoms with van der Waals surface area (Å²) in [4.78, 5) is 13.5. The molecule has 0 aromatic heterocycles. The molecule has 1 heterocycles. The summed E-state index contributed by atoms with van der Waals surface area (Å²) in [6, 6.07) is -0.670. The van der Waals surface area contributed by atoms with E-state index in [1.54, 1.807) is 4.90 Å². The number of aliphatic hydroxyl groups is 1. The molecule has 0 bridgehead atoms. The van der Waals surface area contributed by atoms with E-state index >= 15 is 0 Å². The van der Waals surface area contributed by atoms with Gasteiger partial charge in [-0.05, 0) is 6.42 Å². The van der Waals surface area contributed by atoms with Crippen LogP contribution >= 0.6 is 0 Å². The minimum Gasteiger partial charge on any atom is -0.394 e. The first-order valence-corrected chi connectivity index (χ1v) is 5.45. The van der Waals surface area contributed by atoms with Crippen LogP contribution < -0.4 is 5.73 Å². The lowest BCUT2D eigenvalue weighted by Crippen LogP contribution is -2.55. The van der Waals surface area contributed by atoms with Crippen molar-refractivity contribution in [2.24, 2.45) is 5.73 Å². The number of hydrogen-bond acceptors (Lipinski definition) is 4. The Morgan fingerprint density at radius 1 is 1.73 bits per heavy atom. The average Bonchev–Trinajstić information content (AvgIpc) is 2.28. The zero-order chi connectivity index (χ0) is 11.3. The molecule has 1 saturated heterocycles. The monoisotopic (exact) mass is 216 g/mol. The third-order valence-corrected chi connectivity index (χ3v) is 2.64. The van der Waals surface area contributed by atoms with E-state index in [1.807, 2.05) is 6.92 Å². The SMILES string of the molecule is CCCC(N)C(=O)N1CCOCC1CO. The summed E-state index contributed by atoms with van der Waals surface area (Å²) < 4.78 is 5.20. The van der Waals surface area contributed by atoms with Crippen LogP contribution in [0.3, 0.4) is 0 Å². The molecule has 1 aliphatic heterocycles. The number of carbonyl (C=O) groups excluding carboxylic acids is 1. The van der Waals surface area contributed by atoms with Crippen molar-refractivity contribution < 1.29 is 14.6 Å². The van der Waals surface area contributed by atoms with E-state index in [2.05, 4.69) is 0 Å². The smallest absolute Gasteiger partial charge is 0.239 e. The number of nitrogens with zero attached hydrogens (tertiary/aromatic N) is 1. The fraction of sp³-hybridized carbons (Fsp3) is 0.900. The second-order valence-corrected chi connectivity index (χ2v) is 3.84. The molecule has 1 fully saturated rings. The number of morpholine rings is 1. The van der Waals surface area contributed by atoms with E-state index < -0.39 is 6.04 Å². The zero-order valence-electron chi connectivity index (χ0n) is 9.19. The topological polar surface area (TPSA) is 75.8 Å². The van der Waals surface area contributed by atoms with Gasteiger partial charge in [0.05, 0.1) is 31.9 Å². The molecule has 0 saturated carbocycles. The number of carbonyl (C=O) groups is 1. The fourth-order valence-electron chi connectivity index (χ4n) is 1.74. The number of aliphatic hydroxyl groups excluding tert-OH is 1. The van der Waals surface area contributed by atoms with Gasteiger partial charge in [-0.2, -0.15) is 0 Å².